The topological polar surface area (TPSA) is 20.2 Å². The van der Waals surface area contributed by atoms with Crippen LogP contribution in [-0.2, 0) is 0 Å². The maximum absolute atomic E-state index is 9.63. The number of hydrogen-bond donors (Lipinski definition) is 1. The van der Waals surface area contributed by atoms with Gasteiger partial charge in [-0.15, -0.1) is 0 Å². The molecule has 14 heavy (non-hydrogen) atoms. The zero-order valence-corrected chi connectivity index (χ0v) is 9.79. The third kappa shape index (κ3) is 1.71. The molecule has 0 aliphatic heterocycles. The molecule has 4 atom stereocenters. The van der Waals surface area contributed by atoms with Crippen LogP contribution in [0.5, 0.6) is 0 Å². The second-order valence-electron chi connectivity index (χ2n) is 6.21. The molecule has 2 saturated carbocycles. The van der Waals surface area contributed by atoms with Crippen molar-refractivity contribution in [1.82, 2.24) is 0 Å². The highest BCUT2D eigenvalue weighted by molar-refractivity contribution is 4.95. The molecule has 0 bridgehead atoms. The summed E-state index contributed by atoms with van der Waals surface area (Å²) in [4.78, 5) is 0. The number of aliphatic hydroxyl groups excluding tert-OH is 1. The third-order valence-corrected chi connectivity index (χ3v) is 4.87. The first-order chi connectivity index (χ1) is 6.50. The molecule has 0 aromatic rings. The monoisotopic (exact) mass is 196 g/mol. The van der Waals surface area contributed by atoms with Gasteiger partial charge in [0.2, 0.25) is 0 Å². The zero-order chi connectivity index (χ0) is 10.3. The first kappa shape index (κ1) is 10.5. The van der Waals surface area contributed by atoms with E-state index in [1.807, 2.05) is 6.92 Å². The van der Waals surface area contributed by atoms with Gasteiger partial charge in [-0.25, -0.2) is 0 Å². The molecule has 0 amide bonds. The molecule has 2 rings (SSSR count). The van der Waals surface area contributed by atoms with E-state index < -0.39 is 0 Å². The third-order valence-electron chi connectivity index (χ3n) is 4.87. The van der Waals surface area contributed by atoms with Crippen LogP contribution in [0.15, 0.2) is 0 Å². The molecule has 4 unspecified atom stereocenters. The van der Waals surface area contributed by atoms with Crippen LogP contribution in [0.2, 0.25) is 0 Å². The van der Waals surface area contributed by atoms with Crippen LogP contribution in [0.4, 0.5) is 0 Å². The largest absolute Gasteiger partial charge is 0.393 e. The summed E-state index contributed by atoms with van der Waals surface area (Å²) < 4.78 is 0. The van der Waals surface area contributed by atoms with Crippen LogP contribution in [-0.4, -0.2) is 11.2 Å². The Bertz CT molecular complexity index is 207. The summed E-state index contributed by atoms with van der Waals surface area (Å²) in [6.07, 6.45) is 6.61. The van der Waals surface area contributed by atoms with Crippen molar-refractivity contribution in [3.63, 3.8) is 0 Å². The number of aliphatic hydroxyl groups is 1. The van der Waals surface area contributed by atoms with Crippen LogP contribution in [0.25, 0.3) is 0 Å². The summed E-state index contributed by atoms with van der Waals surface area (Å²) in [5.41, 5.74) is 0.578. The predicted octanol–water partition coefficient (Wildman–Crippen LogP) is 3.22. The van der Waals surface area contributed by atoms with Crippen LogP contribution in [0, 0.1) is 23.2 Å². The summed E-state index contributed by atoms with van der Waals surface area (Å²) in [6, 6.07) is 0. The fraction of sp³-hybridized carbons (Fsp3) is 1.00. The minimum atomic E-state index is -0.0836. The van der Waals surface area contributed by atoms with E-state index in [1.54, 1.807) is 0 Å². The lowest BCUT2D eigenvalue weighted by molar-refractivity contribution is 0.0499. The fourth-order valence-electron chi connectivity index (χ4n) is 3.83. The van der Waals surface area contributed by atoms with Crippen molar-refractivity contribution in [1.29, 1.82) is 0 Å². The van der Waals surface area contributed by atoms with Gasteiger partial charge < -0.3 is 5.11 Å². The quantitative estimate of drug-likeness (QED) is 0.682. The Kier molecular flexibility index (Phi) is 2.63. The SMILES string of the molecule is CC(O)C1CCC2C(CCC2(C)C)C1. The molecule has 82 valence electrons. The standard InChI is InChI=1S/C13H24O/c1-9(14)10-4-5-12-11(8-10)6-7-13(12,2)3/h9-12,14H,4-8H2,1-3H3. The highest BCUT2D eigenvalue weighted by Gasteiger charge is 2.45. The van der Waals surface area contributed by atoms with Crippen LogP contribution in [0.3, 0.4) is 0 Å². The van der Waals surface area contributed by atoms with E-state index in [1.165, 1.54) is 32.1 Å². The highest BCUT2D eigenvalue weighted by Crippen LogP contribution is 2.54. The second kappa shape index (κ2) is 3.52. The van der Waals surface area contributed by atoms with Gasteiger partial charge in [-0.3, -0.25) is 0 Å². The van der Waals surface area contributed by atoms with Gasteiger partial charge in [0.1, 0.15) is 0 Å². The molecule has 0 saturated heterocycles. The lowest BCUT2D eigenvalue weighted by atomic mass is 9.68. The van der Waals surface area contributed by atoms with E-state index in [2.05, 4.69) is 13.8 Å². The molecule has 0 aromatic carbocycles. The van der Waals surface area contributed by atoms with Crippen molar-refractivity contribution < 1.29 is 5.11 Å². The van der Waals surface area contributed by atoms with Gasteiger partial charge >= 0.3 is 0 Å². The number of fused-ring (bicyclic) bond motifs is 1. The Morgan fingerprint density at radius 3 is 2.57 bits per heavy atom. The molecule has 0 heterocycles. The fourth-order valence-corrected chi connectivity index (χ4v) is 3.83. The van der Waals surface area contributed by atoms with E-state index in [0.29, 0.717) is 11.3 Å². The van der Waals surface area contributed by atoms with Gasteiger partial charge in [0.05, 0.1) is 6.10 Å². The van der Waals surface area contributed by atoms with Gasteiger partial charge in [0.25, 0.3) is 0 Å². The van der Waals surface area contributed by atoms with E-state index in [0.717, 1.165) is 11.8 Å². The smallest absolute Gasteiger partial charge is 0.0540 e. The van der Waals surface area contributed by atoms with Gasteiger partial charge in [-0.05, 0) is 62.2 Å². The number of rotatable bonds is 1. The molecule has 2 aliphatic rings. The highest BCUT2D eigenvalue weighted by atomic mass is 16.3. The Morgan fingerprint density at radius 2 is 1.93 bits per heavy atom. The molecule has 2 fully saturated rings. The first-order valence-electron chi connectivity index (χ1n) is 6.19. The van der Waals surface area contributed by atoms with Crippen molar-refractivity contribution in [3.05, 3.63) is 0 Å². The van der Waals surface area contributed by atoms with Gasteiger partial charge in [0.15, 0.2) is 0 Å². The Labute approximate surface area is 87.9 Å². The normalized spacial score (nSPS) is 43.3. The average Bonchev–Trinajstić information content (AvgIpc) is 2.42. The van der Waals surface area contributed by atoms with Gasteiger partial charge in [0, 0.05) is 0 Å². The van der Waals surface area contributed by atoms with Crippen molar-refractivity contribution in [2.75, 3.05) is 0 Å². The molecule has 2 aliphatic carbocycles. The Balaban J connectivity index is 2.01. The zero-order valence-electron chi connectivity index (χ0n) is 9.79. The van der Waals surface area contributed by atoms with Crippen molar-refractivity contribution >= 4 is 0 Å². The van der Waals surface area contributed by atoms with E-state index in [-0.39, 0.29) is 6.10 Å². The summed E-state index contributed by atoms with van der Waals surface area (Å²) in [7, 11) is 0. The molecule has 0 radical (unpaired) electrons. The Morgan fingerprint density at radius 1 is 1.21 bits per heavy atom. The predicted molar refractivity (Wildman–Crippen MR) is 59.0 cm³/mol. The number of hydrogen-bond acceptors (Lipinski definition) is 1. The van der Waals surface area contributed by atoms with Gasteiger partial charge in [-0.2, -0.15) is 0 Å². The van der Waals surface area contributed by atoms with Crippen LogP contribution in [0.1, 0.15) is 52.9 Å². The molecular weight excluding hydrogens is 172 g/mol. The van der Waals surface area contributed by atoms with Gasteiger partial charge in [-0.1, -0.05) is 13.8 Å². The summed E-state index contributed by atoms with van der Waals surface area (Å²) in [5, 5.41) is 9.63. The van der Waals surface area contributed by atoms with Crippen molar-refractivity contribution in [2.45, 2.75) is 59.0 Å². The van der Waals surface area contributed by atoms with E-state index in [4.69, 9.17) is 0 Å². The minimum Gasteiger partial charge on any atom is -0.393 e. The molecule has 0 aromatic heterocycles. The summed E-state index contributed by atoms with van der Waals surface area (Å²) >= 11 is 0. The molecule has 1 N–H and O–H groups in total. The maximum Gasteiger partial charge on any atom is 0.0540 e. The summed E-state index contributed by atoms with van der Waals surface area (Å²) in [5.74, 6) is 2.45. The Hall–Kier alpha value is -0.0400. The molecular formula is C13H24O. The summed E-state index contributed by atoms with van der Waals surface area (Å²) in [6.45, 7) is 6.83. The maximum atomic E-state index is 9.63. The average molecular weight is 196 g/mol. The van der Waals surface area contributed by atoms with E-state index in [9.17, 15) is 5.11 Å². The van der Waals surface area contributed by atoms with Crippen molar-refractivity contribution in [3.8, 4) is 0 Å². The van der Waals surface area contributed by atoms with E-state index >= 15 is 0 Å². The van der Waals surface area contributed by atoms with Crippen LogP contribution < -0.4 is 0 Å². The molecule has 1 heteroatoms. The lowest BCUT2D eigenvalue weighted by Gasteiger charge is -2.38. The lowest BCUT2D eigenvalue weighted by Crippen LogP contribution is -2.32. The second-order valence-corrected chi connectivity index (χ2v) is 6.21. The molecule has 1 nitrogen and oxygen atoms in total. The molecule has 0 spiro atoms. The van der Waals surface area contributed by atoms with Crippen LogP contribution >= 0.6 is 0 Å². The first-order valence-corrected chi connectivity index (χ1v) is 6.19. The van der Waals surface area contributed by atoms with Crippen molar-refractivity contribution in [2.24, 2.45) is 23.2 Å². The minimum absolute atomic E-state index is 0.0836.